The Hall–Kier alpha value is -2.83. The van der Waals surface area contributed by atoms with Crippen LogP contribution >= 0.6 is 23.2 Å². The van der Waals surface area contributed by atoms with Gasteiger partial charge in [0.15, 0.2) is 0 Å². The second kappa shape index (κ2) is 10.9. The van der Waals surface area contributed by atoms with E-state index in [9.17, 15) is 9.59 Å². The highest BCUT2D eigenvalue weighted by Gasteiger charge is 2.21. The van der Waals surface area contributed by atoms with Gasteiger partial charge in [-0.15, -0.1) is 0 Å². The van der Waals surface area contributed by atoms with Gasteiger partial charge >= 0.3 is 0 Å². The number of hydrogen-bond acceptors (Lipinski definition) is 3. The van der Waals surface area contributed by atoms with Gasteiger partial charge < -0.3 is 10.6 Å². The van der Waals surface area contributed by atoms with Crippen LogP contribution in [0.15, 0.2) is 54.6 Å². The molecule has 6 nitrogen and oxygen atoms in total. The lowest BCUT2D eigenvalue weighted by atomic mass is 9.92. The van der Waals surface area contributed by atoms with Gasteiger partial charge in [-0.25, -0.2) is 4.68 Å². The number of nitrogens with zero attached hydrogens (tertiary/aromatic N) is 2. The van der Waals surface area contributed by atoms with Gasteiger partial charge in [0.05, 0.1) is 11.4 Å². The number of aromatic nitrogens is 2. The van der Waals surface area contributed by atoms with Crippen LogP contribution in [0.5, 0.6) is 0 Å². The fourth-order valence-electron chi connectivity index (χ4n) is 3.18. The smallest absolute Gasteiger partial charge is 0.226 e. The minimum absolute atomic E-state index is 0.0678. The lowest BCUT2D eigenvalue weighted by molar-refractivity contribution is -0.124. The first kappa shape index (κ1) is 24.8. The molecule has 33 heavy (non-hydrogen) atoms. The summed E-state index contributed by atoms with van der Waals surface area (Å²) in [4.78, 5) is 24.8. The molecule has 3 aromatic rings. The van der Waals surface area contributed by atoms with E-state index in [1.165, 1.54) is 0 Å². The highest BCUT2D eigenvalue weighted by atomic mass is 35.5. The van der Waals surface area contributed by atoms with Crippen LogP contribution in [0.25, 0.3) is 5.69 Å². The zero-order chi connectivity index (χ0) is 24.0. The molecule has 0 saturated carbocycles. The molecular formula is C25H28Cl2N4O2. The largest absolute Gasteiger partial charge is 0.356 e. The summed E-state index contributed by atoms with van der Waals surface area (Å²) in [5.74, 6) is 0.138. The summed E-state index contributed by atoms with van der Waals surface area (Å²) in [7, 11) is 0. The highest BCUT2D eigenvalue weighted by Crippen LogP contribution is 2.26. The molecule has 0 aliphatic rings. The number of rotatable bonds is 8. The standard InChI is InChI=1S/C25H28Cl2N4O2/c1-25(2,3)21-16-22(31(30-21)19-7-5-4-6-8-19)29-24(33)12-11-23(32)28-14-13-17-9-10-18(26)15-20(17)27/h4-10,15-16H,11-14H2,1-3H3,(H,28,32)(H,29,33). The number of nitrogens with one attached hydrogen (secondary N) is 2. The van der Waals surface area contributed by atoms with Crippen molar-refractivity contribution in [1.29, 1.82) is 0 Å². The summed E-state index contributed by atoms with van der Waals surface area (Å²) in [6.07, 6.45) is 0.740. The minimum Gasteiger partial charge on any atom is -0.356 e. The zero-order valence-corrected chi connectivity index (χ0v) is 20.5. The van der Waals surface area contributed by atoms with E-state index in [0.717, 1.165) is 16.9 Å². The van der Waals surface area contributed by atoms with E-state index >= 15 is 0 Å². The Kier molecular flexibility index (Phi) is 8.16. The highest BCUT2D eigenvalue weighted by molar-refractivity contribution is 6.35. The Bertz CT molecular complexity index is 1120. The van der Waals surface area contributed by atoms with E-state index in [4.69, 9.17) is 23.2 Å². The number of carbonyl (C=O) groups excluding carboxylic acids is 2. The van der Waals surface area contributed by atoms with Crippen LogP contribution in [0.3, 0.4) is 0 Å². The van der Waals surface area contributed by atoms with Crippen molar-refractivity contribution in [2.45, 2.75) is 45.4 Å². The van der Waals surface area contributed by atoms with E-state index in [-0.39, 0.29) is 30.1 Å². The van der Waals surface area contributed by atoms with Crippen molar-refractivity contribution in [3.8, 4) is 5.69 Å². The van der Waals surface area contributed by atoms with Crippen molar-refractivity contribution in [2.24, 2.45) is 0 Å². The molecule has 2 amide bonds. The fourth-order valence-corrected chi connectivity index (χ4v) is 3.69. The van der Waals surface area contributed by atoms with Crippen molar-refractivity contribution in [1.82, 2.24) is 15.1 Å². The second-order valence-electron chi connectivity index (χ2n) is 8.80. The third-order valence-electron chi connectivity index (χ3n) is 5.06. The molecule has 0 aliphatic carbocycles. The zero-order valence-electron chi connectivity index (χ0n) is 19.0. The lowest BCUT2D eigenvalue weighted by Crippen LogP contribution is -2.27. The molecule has 3 rings (SSSR count). The van der Waals surface area contributed by atoms with Crippen LogP contribution in [-0.2, 0) is 21.4 Å². The average Bonchev–Trinajstić information content (AvgIpc) is 3.19. The monoisotopic (exact) mass is 486 g/mol. The number of para-hydroxylation sites is 1. The van der Waals surface area contributed by atoms with Crippen LogP contribution < -0.4 is 10.6 Å². The van der Waals surface area contributed by atoms with Gasteiger partial charge in [0.1, 0.15) is 5.82 Å². The second-order valence-corrected chi connectivity index (χ2v) is 9.64. The quantitative estimate of drug-likeness (QED) is 0.437. The summed E-state index contributed by atoms with van der Waals surface area (Å²) < 4.78 is 1.72. The number of anilines is 1. The maximum Gasteiger partial charge on any atom is 0.226 e. The Labute approximate surface area is 204 Å². The summed E-state index contributed by atoms with van der Waals surface area (Å²) >= 11 is 12.1. The van der Waals surface area contributed by atoms with Crippen LogP contribution in [0.1, 0.15) is 44.9 Å². The van der Waals surface area contributed by atoms with E-state index in [1.54, 1.807) is 16.8 Å². The maximum absolute atomic E-state index is 12.6. The molecule has 0 unspecified atom stereocenters. The summed E-state index contributed by atoms with van der Waals surface area (Å²) in [6, 6.07) is 16.8. The number of halogens is 2. The topological polar surface area (TPSA) is 76.0 Å². The molecular weight excluding hydrogens is 459 g/mol. The molecule has 2 N–H and O–H groups in total. The predicted octanol–water partition coefficient (Wildman–Crippen LogP) is 5.55. The summed E-state index contributed by atoms with van der Waals surface area (Å²) in [5, 5.41) is 11.6. The van der Waals surface area contributed by atoms with Crippen LogP contribution in [0, 0.1) is 0 Å². The Morgan fingerprint density at radius 3 is 2.33 bits per heavy atom. The molecule has 0 bridgehead atoms. The number of amides is 2. The Balaban J connectivity index is 1.55. The normalized spacial score (nSPS) is 11.3. The van der Waals surface area contributed by atoms with E-state index in [2.05, 4.69) is 36.5 Å². The van der Waals surface area contributed by atoms with Crippen molar-refractivity contribution in [3.05, 3.63) is 75.9 Å². The third kappa shape index (κ3) is 7.07. The van der Waals surface area contributed by atoms with Crippen LogP contribution in [-0.4, -0.2) is 28.1 Å². The maximum atomic E-state index is 12.6. The minimum atomic E-state index is -0.247. The van der Waals surface area contributed by atoms with Gasteiger partial charge in [-0.05, 0) is 36.2 Å². The number of benzene rings is 2. The van der Waals surface area contributed by atoms with E-state index in [1.807, 2.05) is 42.5 Å². The SMILES string of the molecule is CC(C)(C)c1cc(NC(=O)CCC(=O)NCCc2ccc(Cl)cc2Cl)n(-c2ccccc2)n1. The first-order valence-electron chi connectivity index (χ1n) is 10.8. The molecule has 0 saturated heterocycles. The van der Waals surface area contributed by atoms with Gasteiger partial charge in [0, 0.05) is 40.9 Å². The van der Waals surface area contributed by atoms with E-state index in [0.29, 0.717) is 28.8 Å². The average molecular weight is 487 g/mol. The molecule has 174 valence electrons. The molecule has 0 aliphatic heterocycles. The molecule has 0 radical (unpaired) electrons. The van der Waals surface area contributed by atoms with Gasteiger partial charge in [-0.2, -0.15) is 5.10 Å². The number of hydrogen-bond donors (Lipinski definition) is 2. The van der Waals surface area contributed by atoms with Gasteiger partial charge in [-0.1, -0.05) is 68.2 Å². The molecule has 0 fully saturated rings. The van der Waals surface area contributed by atoms with Gasteiger partial charge in [0.25, 0.3) is 0 Å². The van der Waals surface area contributed by atoms with Gasteiger partial charge in [-0.3, -0.25) is 9.59 Å². The molecule has 8 heteroatoms. The molecule has 0 atom stereocenters. The first-order valence-corrected chi connectivity index (χ1v) is 11.6. The van der Waals surface area contributed by atoms with E-state index < -0.39 is 0 Å². The van der Waals surface area contributed by atoms with Crippen molar-refractivity contribution in [3.63, 3.8) is 0 Å². The fraction of sp³-hybridized carbons (Fsp3) is 0.320. The molecule has 0 spiro atoms. The predicted molar refractivity (Wildman–Crippen MR) is 133 cm³/mol. The van der Waals surface area contributed by atoms with Crippen molar-refractivity contribution >= 4 is 40.8 Å². The Morgan fingerprint density at radius 2 is 1.67 bits per heavy atom. The molecule has 2 aromatic carbocycles. The van der Waals surface area contributed by atoms with Crippen LogP contribution in [0.2, 0.25) is 10.0 Å². The van der Waals surface area contributed by atoms with Crippen LogP contribution in [0.4, 0.5) is 5.82 Å². The molecule has 1 heterocycles. The first-order chi connectivity index (χ1) is 15.6. The van der Waals surface area contributed by atoms with Crippen molar-refractivity contribution < 1.29 is 9.59 Å². The lowest BCUT2D eigenvalue weighted by Gasteiger charge is -2.14. The number of carbonyl (C=O) groups is 2. The molecule has 1 aromatic heterocycles. The van der Waals surface area contributed by atoms with Crippen molar-refractivity contribution in [2.75, 3.05) is 11.9 Å². The summed E-state index contributed by atoms with van der Waals surface area (Å²) in [5.41, 5.74) is 2.44. The third-order valence-corrected chi connectivity index (χ3v) is 5.64. The summed E-state index contributed by atoms with van der Waals surface area (Å²) in [6.45, 7) is 6.63. The van der Waals surface area contributed by atoms with Gasteiger partial charge in [0.2, 0.25) is 11.8 Å². The Morgan fingerprint density at radius 1 is 0.970 bits per heavy atom.